The first-order valence-corrected chi connectivity index (χ1v) is 9.88. The first-order valence-electron chi connectivity index (χ1n) is 8.89. The number of amides is 1. The number of thioether (sulfide) groups is 1. The third-order valence-electron chi connectivity index (χ3n) is 4.49. The molecule has 28 heavy (non-hydrogen) atoms. The first kappa shape index (κ1) is 18.3. The van der Waals surface area contributed by atoms with Crippen LogP contribution in [0.4, 0.5) is 0 Å². The van der Waals surface area contributed by atoms with E-state index in [1.807, 2.05) is 30.3 Å². The molecule has 0 bridgehead atoms. The molecule has 142 valence electrons. The summed E-state index contributed by atoms with van der Waals surface area (Å²) in [6.45, 7) is 2.54. The van der Waals surface area contributed by atoms with Crippen LogP contribution >= 0.6 is 11.8 Å². The summed E-state index contributed by atoms with van der Waals surface area (Å²) in [7, 11) is 1.63. The molecular formula is C21H20N4O2S. The van der Waals surface area contributed by atoms with E-state index in [-0.39, 0.29) is 11.7 Å². The Kier molecular flexibility index (Phi) is 5.16. The number of carbonyl (C=O) groups is 1. The minimum Gasteiger partial charge on any atom is -0.497 e. The lowest BCUT2D eigenvalue weighted by Crippen LogP contribution is -2.24. The summed E-state index contributed by atoms with van der Waals surface area (Å²) in [5, 5.41) is 4.78. The Morgan fingerprint density at radius 3 is 2.79 bits per heavy atom. The number of carbonyl (C=O) groups excluding carboxylic acids is 1. The maximum atomic E-state index is 12.3. The number of H-pyrrole nitrogens is 1. The summed E-state index contributed by atoms with van der Waals surface area (Å²) in [5.74, 6) is 1.04. The molecule has 0 atom stereocenters. The number of rotatable bonds is 6. The SMILES string of the molecule is COc1ccc(CNC(=O)CSc2ncnc3c2[nH]c2ccc(C)cc23)cc1. The predicted molar refractivity (Wildman–Crippen MR) is 112 cm³/mol. The van der Waals surface area contributed by atoms with Crippen LogP contribution < -0.4 is 10.1 Å². The van der Waals surface area contributed by atoms with Crippen molar-refractivity contribution in [3.8, 4) is 5.75 Å². The van der Waals surface area contributed by atoms with Crippen LogP contribution in [0, 0.1) is 6.92 Å². The van der Waals surface area contributed by atoms with Crippen LogP contribution in [0.5, 0.6) is 5.75 Å². The van der Waals surface area contributed by atoms with Crippen molar-refractivity contribution in [1.82, 2.24) is 20.3 Å². The fourth-order valence-electron chi connectivity index (χ4n) is 3.02. The van der Waals surface area contributed by atoms with Crippen LogP contribution in [0.15, 0.2) is 53.8 Å². The number of aryl methyl sites for hydroxylation is 1. The summed E-state index contributed by atoms with van der Waals surface area (Å²) in [6.07, 6.45) is 1.55. The minimum absolute atomic E-state index is 0.0421. The normalized spacial score (nSPS) is 11.1. The average molecular weight is 392 g/mol. The van der Waals surface area contributed by atoms with Crippen LogP contribution in [0.2, 0.25) is 0 Å². The van der Waals surface area contributed by atoms with Crippen molar-refractivity contribution < 1.29 is 9.53 Å². The van der Waals surface area contributed by atoms with Gasteiger partial charge >= 0.3 is 0 Å². The molecule has 4 aromatic rings. The predicted octanol–water partition coefficient (Wildman–Crippen LogP) is 3.84. The van der Waals surface area contributed by atoms with Crippen molar-refractivity contribution in [3.63, 3.8) is 0 Å². The van der Waals surface area contributed by atoms with Gasteiger partial charge in [-0.3, -0.25) is 4.79 Å². The highest BCUT2D eigenvalue weighted by atomic mass is 32.2. The van der Waals surface area contributed by atoms with E-state index in [9.17, 15) is 4.79 Å². The fourth-order valence-corrected chi connectivity index (χ4v) is 3.81. The lowest BCUT2D eigenvalue weighted by atomic mass is 10.2. The molecule has 0 fully saturated rings. The number of ether oxygens (including phenoxy) is 1. The van der Waals surface area contributed by atoms with Gasteiger partial charge in [0.05, 0.1) is 18.4 Å². The standard InChI is InChI=1S/C21H20N4O2S/c1-13-3-8-17-16(9-13)19-20(25-17)21(24-12-23-19)28-11-18(26)22-10-14-4-6-15(27-2)7-5-14/h3-9,12,25H,10-11H2,1-2H3,(H,22,26). The smallest absolute Gasteiger partial charge is 0.230 e. The number of aromatic nitrogens is 3. The van der Waals surface area contributed by atoms with Gasteiger partial charge in [0.1, 0.15) is 22.6 Å². The van der Waals surface area contributed by atoms with Crippen molar-refractivity contribution >= 4 is 39.6 Å². The summed E-state index contributed by atoms with van der Waals surface area (Å²) >= 11 is 1.40. The van der Waals surface area contributed by atoms with Gasteiger partial charge in [-0.15, -0.1) is 0 Å². The Morgan fingerprint density at radius 2 is 2.00 bits per heavy atom. The van der Waals surface area contributed by atoms with Gasteiger partial charge in [0.25, 0.3) is 0 Å². The number of hydrogen-bond acceptors (Lipinski definition) is 5. The molecule has 0 unspecified atom stereocenters. The van der Waals surface area contributed by atoms with E-state index < -0.39 is 0 Å². The number of aromatic amines is 1. The largest absolute Gasteiger partial charge is 0.497 e. The first-order chi connectivity index (χ1) is 13.6. The van der Waals surface area contributed by atoms with Crippen molar-refractivity contribution in [1.29, 1.82) is 0 Å². The van der Waals surface area contributed by atoms with E-state index in [1.165, 1.54) is 17.3 Å². The quantitative estimate of drug-likeness (QED) is 0.385. The van der Waals surface area contributed by atoms with Crippen molar-refractivity contribution in [2.45, 2.75) is 18.5 Å². The third-order valence-corrected chi connectivity index (χ3v) is 5.48. The van der Waals surface area contributed by atoms with Gasteiger partial charge in [0.2, 0.25) is 5.91 Å². The molecule has 2 heterocycles. The van der Waals surface area contributed by atoms with Crippen LogP contribution in [-0.4, -0.2) is 33.7 Å². The molecule has 0 saturated carbocycles. The Labute approximate surface area is 166 Å². The second-order valence-corrected chi connectivity index (χ2v) is 7.45. The van der Waals surface area contributed by atoms with Gasteiger partial charge in [-0.05, 0) is 36.8 Å². The second kappa shape index (κ2) is 7.90. The summed E-state index contributed by atoms with van der Waals surface area (Å²) in [6, 6.07) is 13.8. The number of hydrogen-bond donors (Lipinski definition) is 2. The lowest BCUT2D eigenvalue weighted by Gasteiger charge is -2.06. The van der Waals surface area contributed by atoms with E-state index >= 15 is 0 Å². The zero-order valence-electron chi connectivity index (χ0n) is 15.7. The Balaban J connectivity index is 1.43. The van der Waals surface area contributed by atoms with Crippen LogP contribution in [0.1, 0.15) is 11.1 Å². The maximum absolute atomic E-state index is 12.3. The number of benzene rings is 2. The van der Waals surface area contributed by atoms with E-state index in [2.05, 4.69) is 39.3 Å². The monoisotopic (exact) mass is 392 g/mol. The van der Waals surface area contributed by atoms with Gasteiger partial charge in [-0.25, -0.2) is 9.97 Å². The number of methoxy groups -OCH3 is 1. The molecule has 0 spiro atoms. The molecule has 4 rings (SSSR count). The van der Waals surface area contributed by atoms with Gasteiger partial charge in [-0.2, -0.15) is 0 Å². The van der Waals surface area contributed by atoms with Crippen LogP contribution in [0.25, 0.3) is 21.9 Å². The van der Waals surface area contributed by atoms with E-state index in [0.717, 1.165) is 38.3 Å². The third kappa shape index (κ3) is 3.80. The molecule has 2 aromatic heterocycles. The molecule has 0 aliphatic rings. The summed E-state index contributed by atoms with van der Waals surface area (Å²) in [5.41, 5.74) is 4.98. The van der Waals surface area contributed by atoms with Crippen molar-refractivity contribution in [2.24, 2.45) is 0 Å². The summed E-state index contributed by atoms with van der Waals surface area (Å²) in [4.78, 5) is 24.4. The van der Waals surface area contributed by atoms with Gasteiger partial charge < -0.3 is 15.0 Å². The van der Waals surface area contributed by atoms with Crippen molar-refractivity contribution in [2.75, 3.05) is 12.9 Å². The summed E-state index contributed by atoms with van der Waals surface area (Å²) < 4.78 is 5.14. The van der Waals surface area contributed by atoms with Crippen LogP contribution in [-0.2, 0) is 11.3 Å². The van der Waals surface area contributed by atoms with E-state index in [4.69, 9.17) is 4.74 Å². The van der Waals surface area contributed by atoms with Gasteiger partial charge in [-0.1, -0.05) is 35.5 Å². The van der Waals surface area contributed by atoms with Crippen LogP contribution in [0.3, 0.4) is 0 Å². The molecular weight excluding hydrogens is 372 g/mol. The minimum atomic E-state index is -0.0421. The topological polar surface area (TPSA) is 79.9 Å². The number of nitrogens with zero attached hydrogens (tertiary/aromatic N) is 2. The molecule has 2 aromatic carbocycles. The highest BCUT2D eigenvalue weighted by Gasteiger charge is 2.12. The van der Waals surface area contributed by atoms with Gasteiger partial charge in [0, 0.05) is 17.4 Å². The van der Waals surface area contributed by atoms with E-state index in [1.54, 1.807) is 13.4 Å². The number of fused-ring (bicyclic) bond motifs is 3. The average Bonchev–Trinajstić information content (AvgIpc) is 3.09. The number of nitrogens with one attached hydrogen (secondary N) is 2. The fraction of sp³-hybridized carbons (Fsp3) is 0.190. The molecule has 1 amide bonds. The zero-order valence-corrected chi connectivity index (χ0v) is 16.5. The van der Waals surface area contributed by atoms with E-state index in [0.29, 0.717) is 6.54 Å². The second-order valence-electron chi connectivity index (χ2n) is 6.49. The highest BCUT2D eigenvalue weighted by Crippen LogP contribution is 2.30. The zero-order chi connectivity index (χ0) is 19.5. The van der Waals surface area contributed by atoms with Gasteiger partial charge in [0.15, 0.2) is 0 Å². The van der Waals surface area contributed by atoms with Crippen molar-refractivity contribution in [3.05, 3.63) is 59.9 Å². The highest BCUT2D eigenvalue weighted by molar-refractivity contribution is 8.00. The Hall–Kier alpha value is -3.06. The lowest BCUT2D eigenvalue weighted by molar-refractivity contribution is -0.118. The maximum Gasteiger partial charge on any atom is 0.230 e. The molecule has 2 N–H and O–H groups in total. The molecule has 0 aliphatic carbocycles. The molecule has 0 saturated heterocycles. The Bertz CT molecular complexity index is 1140. The Morgan fingerprint density at radius 1 is 1.18 bits per heavy atom. The molecule has 7 heteroatoms. The molecule has 6 nitrogen and oxygen atoms in total. The molecule has 0 radical (unpaired) electrons. The molecule has 0 aliphatic heterocycles.